The van der Waals surface area contributed by atoms with Crippen molar-refractivity contribution >= 4 is 33.5 Å². The molecule has 1 unspecified atom stereocenters. The number of esters is 2. The summed E-state index contributed by atoms with van der Waals surface area (Å²) in [6.07, 6.45) is 2.57. The van der Waals surface area contributed by atoms with E-state index in [-0.39, 0.29) is 17.1 Å². The largest absolute Gasteiger partial charge is 0.423 e. The molecule has 4 heteroatoms. The molecule has 0 heterocycles. The molecule has 1 atom stereocenters. The van der Waals surface area contributed by atoms with Crippen molar-refractivity contribution < 1.29 is 19.1 Å². The Labute approximate surface area is 217 Å². The topological polar surface area (TPSA) is 52.6 Å². The molecule has 37 heavy (non-hydrogen) atoms. The van der Waals surface area contributed by atoms with E-state index in [9.17, 15) is 9.59 Å². The number of hydrogen-bond acceptors (Lipinski definition) is 4. The Morgan fingerprint density at radius 1 is 0.703 bits per heavy atom. The van der Waals surface area contributed by atoms with E-state index in [0.717, 1.165) is 27.1 Å². The van der Waals surface area contributed by atoms with Crippen molar-refractivity contribution in [1.29, 1.82) is 0 Å². The zero-order valence-electron chi connectivity index (χ0n) is 21.6. The normalized spacial score (nSPS) is 16.0. The third-order valence-corrected chi connectivity index (χ3v) is 6.86. The SMILES string of the molecule is CC1CC(C(C)(C)C)=CC(OC(=O)c2ccc3ccccc3c2)=C1OC(=O)c1ccc2ccccc2c1. The summed E-state index contributed by atoms with van der Waals surface area (Å²) in [6.45, 7) is 8.37. The minimum Gasteiger partial charge on any atom is -0.423 e. The molecule has 0 N–H and O–H groups in total. The summed E-state index contributed by atoms with van der Waals surface area (Å²) in [6, 6.07) is 26.7. The van der Waals surface area contributed by atoms with Crippen LogP contribution in [-0.4, -0.2) is 11.9 Å². The molecular weight excluding hydrogens is 460 g/mol. The Morgan fingerprint density at radius 2 is 1.19 bits per heavy atom. The van der Waals surface area contributed by atoms with Crippen LogP contribution >= 0.6 is 0 Å². The fourth-order valence-corrected chi connectivity index (χ4v) is 4.66. The molecule has 0 aliphatic heterocycles. The molecule has 0 radical (unpaired) electrons. The van der Waals surface area contributed by atoms with Crippen LogP contribution in [0.1, 0.15) is 54.8 Å². The highest BCUT2D eigenvalue weighted by atomic mass is 16.6. The number of hydrogen-bond donors (Lipinski definition) is 0. The summed E-state index contributed by atoms with van der Waals surface area (Å²) >= 11 is 0. The highest BCUT2D eigenvalue weighted by Gasteiger charge is 2.31. The van der Waals surface area contributed by atoms with Crippen LogP contribution in [0.5, 0.6) is 0 Å². The summed E-state index contributed by atoms with van der Waals surface area (Å²) in [5.41, 5.74) is 1.90. The second kappa shape index (κ2) is 9.70. The second-order valence-electron chi connectivity index (χ2n) is 10.7. The summed E-state index contributed by atoms with van der Waals surface area (Å²) in [5, 5.41) is 4.01. The van der Waals surface area contributed by atoms with Crippen LogP contribution < -0.4 is 0 Å². The van der Waals surface area contributed by atoms with Gasteiger partial charge >= 0.3 is 11.9 Å². The van der Waals surface area contributed by atoms with Crippen molar-refractivity contribution in [2.75, 3.05) is 0 Å². The van der Waals surface area contributed by atoms with Gasteiger partial charge in [-0.05, 0) is 63.7 Å². The molecular formula is C33H30O4. The van der Waals surface area contributed by atoms with Crippen LogP contribution in [0.3, 0.4) is 0 Å². The maximum absolute atomic E-state index is 13.2. The molecule has 0 saturated heterocycles. The van der Waals surface area contributed by atoms with Gasteiger partial charge in [-0.2, -0.15) is 0 Å². The van der Waals surface area contributed by atoms with Gasteiger partial charge in [-0.15, -0.1) is 0 Å². The van der Waals surface area contributed by atoms with E-state index in [2.05, 4.69) is 20.8 Å². The minimum absolute atomic E-state index is 0.122. The molecule has 0 bridgehead atoms. The Hall–Kier alpha value is -4.18. The lowest BCUT2D eigenvalue weighted by atomic mass is 9.78. The number of benzene rings is 4. The van der Waals surface area contributed by atoms with E-state index in [1.54, 1.807) is 12.1 Å². The third-order valence-electron chi connectivity index (χ3n) is 6.86. The number of carbonyl (C=O) groups is 2. The predicted octanol–water partition coefficient (Wildman–Crippen LogP) is 8.23. The lowest BCUT2D eigenvalue weighted by Gasteiger charge is -2.31. The molecule has 186 valence electrons. The maximum atomic E-state index is 13.2. The van der Waals surface area contributed by atoms with Crippen LogP contribution in [0.25, 0.3) is 21.5 Å². The van der Waals surface area contributed by atoms with E-state index in [1.807, 2.05) is 85.8 Å². The molecule has 1 aliphatic rings. The fourth-order valence-electron chi connectivity index (χ4n) is 4.66. The molecule has 1 aliphatic carbocycles. The first-order valence-electron chi connectivity index (χ1n) is 12.6. The van der Waals surface area contributed by atoms with E-state index in [4.69, 9.17) is 9.47 Å². The molecule has 4 aromatic rings. The highest BCUT2D eigenvalue weighted by molar-refractivity contribution is 5.97. The van der Waals surface area contributed by atoms with Gasteiger partial charge in [0.15, 0.2) is 11.5 Å². The lowest BCUT2D eigenvalue weighted by molar-refractivity contribution is 0.0497. The summed E-state index contributed by atoms with van der Waals surface area (Å²) in [7, 11) is 0. The van der Waals surface area contributed by atoms with Crippen LogP contribution in [0, 0.1) is 11.3 Å². The van der Waals surface area contributed by atoms with Crippen molar-refractivity contribution in [2.24, 2.45) is 11.3 Å². The standard InChI is InChI=1S/C33H30O4/c1-21-17-28(33(2,3)4)20-29(36-31(34)26-15-13-22-9-5-7-11-24(22)18-26)30(21)37-32(35)27-16-14-23-10-6-8-12-25(23)19-27/h5-16,18-21H,17H2,1-4H3. The van der Waals surface area contributed by atoms with Gasteiger partial charge in [0, 0.05) is 5.92 Å². The summed E-state index contributed by atoms with van der Waals surface area (Å²) in [4.78, 5) is 26.5. The third kappa shape index (κ3) is 5.19. The van der Waals surface area contributed by atoms with Crippen molar-refractivity contribution in [2.45, 2.75) is 34.1 Å². The molecule has 0 aromatic heterocycles. The first kappa shape index (κ1) is 24.5. The Kier molecular flexibility index (Phi) is 6.43. The lowest BCUT2D eigenvalue weighted by Crippen LogP contribution is -2.23. The quantitative estimate of drug-likeness (QED) is 0.270. The van der Waals surface area contributed by atoms with Crippen LogP contribution in [0.15, 0.2) is 108 Å². The van der Waals surface area contributed by atoms with Gasteiger partial charge in [0.1, 0.15) is 0 Å². The van der Waals surface area contributed by atoms with Crippen molar-refractivity contribution in [1.82, 2.24) is 0 Å². The average Bonchev–Trinajstić information content (AvgIpc) is 2.89. The molecule has 0 spiro atoms. The molecule has 4 aromatic carbocycles. The monoisotopic (exact) mass is 490 g/mol. The predicted molar refractivity (Wildman–Crippen MR) is 147 cm³/mol. The number of rotatable bonds is 4. The van der Waals surface area contributed by atoms with Gasteiger partial charge < -0.3 is 9.47 Å². The summed E-state index contributed by atoms with van der Waals surface area (Å²) < 4.78 is 11.9. The van der Waals surface area contributed by atoms with Gasteiger partial charge in [0.05, 0.1) is 11.1 Å². The van der Waals surface area contributed by atoms with E-state index in [0.29, 0.717) is 23.3 Å². The highest BCUT2D eigenvalue weighted by Crippen LogP contribution is 2.39. The Morgan fingerprint density at radius 3 is 1.70 bits per heavy atom. The number of allylic oxidation sites excluding steroid dienone is 3. The maximum Gasteiger partial charge on any atom is 0.343 e. The van der Waals surface area contributed by atoms with Crippen molar-refractivity contribution in [3.8, 4) is 0 Å². The number of carbonyl (C=O) groups excluding carboxylic acids is 2. The minimum atomic E-state index is -0.487. The Balaban J connectivity index is 1.49. The van der Waals surface area contributed by atoms with E-state index >= 15 is 0 Å². The van der Waals surface area contributed by atoms with Crippen molar-refractivity contribution in [3.05, 3.63) is 119 Å². The number of fused-ring (bicyclic) bond motifs is 2. The van der Waals surface area contributed by atoms with Crippen LogP contribution in [0.2, 0.25) is 0 Å². The second-order valence-corrected chi connectivity index (χ2v) is 10.7. The van der Waals surface area contributed by atoms with Gasteiger partial charge in [0.2, 0.25) is 0 Å². The van der Waals surface area contributed by atoms with Crippen LogP contribution in [0.4, 0.5) is 0 Å². The van der Waals surface area contributed by atoms with Crippen molar-refractivity contribution in [3.63, 3.8) is 0 Å². The number of ether oxygens (including phenoxy) is 2. The zero-order valence-corrected chi connectivity index (χ0v) is 21.6. The van der Waals surface area contributed by atoms with Crippen LogP contribution in [-0.2, 0) is 9.47 Å². The molecule has 5 rings (SSSR count). The first-order valence-corrected chi connectivity index (χ1v) is 12.6. The fraction of sp³-hybridized carbons (Fsp3) is 0.212. The average molecular weight is 491 g/mol. The molecule has 0 fully saturated rings. The Bertz CT molecular complexity index is 1580. The first-order chi connectivity index (χ1) is 17.7. The van der Waals surface area contributed by atoms with E-state index in [1.165, 1.54) is 0 Å². The smallest absolute Gasteiger partial charge is 0.343 e. The zero-order chi connectivity index (χ0) is 26.2. The van der Waals surface area contributed by atoms with Gasteiger partial charge in [0.25, 0.3) is 0 Å². The molecule has 4 nitrogen and oxygen atoms in total. The van der Waals surface area contributed by atoms with Gasteiger partial charge in [-0.1, -0.05) is 93.9 Å². The van der Waals surface area contributed by atoms with E-state index < -0.39 is 11.9 Å². The molecule has 0 amide bonds. The van der Waals surface area contributed by atoms with Gasteiger partial charge in [-0.3, -0.25) is 0 Å². The molecule has 0 saturated carbocycles. The summed E-state index contributed by atoms with van der Waals surface area (Å²) in [5.74, 6) is -0.433. The van der Waals surface area contributed by atoms with Gasteiger partial charge in [-0.25, -0.2) is 9.59 Å².